The molecule has 2 aromatic heterocycles. The van der Waals surface area contributed by atoms with Crippen LogP contribution in [0.25, 0.3) is 22.5 Å². The number of aromatic nitrogens is 4. The van der Waals surface area contributed by atoms with Crippen LogP contribution in [0, 0.1) is 5.82 Å². The van der Waals surface area contributed by atoms with Crippen molar-refractivity contribution in [1.82, 2.24) is 19.1 Å². The van der Waals surface area contributed by atoms with E-state index in [0.29, 0.717) is 22.4 Å². The van der Waals surface area contributed by atoms with Gasteiger partial charge in [0.2, 0.25) is 0 Å². The van der Waals surface area contributed by atoms with E-state index in [1.165, 1.54) is 41.0 Å². The molecule has 2 heterocycles. The molecule has 0 atom stereocenters. The molecule has 0 amide bonds. The third-order valence-corrected chi connectivity index (χ3v) is 6.03. The number of aryl methyl sites for hydroxylation is 2. The standard InChI is InChI=1S/C13H13F3N2S.C11H8F4N2.C2H6S.Na/c1-3-19-12-6-9(13(14,15)16)4-5-10(12)11-7-17-8-18(11)2;1-17-6-16-5-10(17)8-3-2-7(4-9(8)12)11(13,14)15;1-2-3;/h4-8H,3H2,1-2H3;2-6H,1H3;3H,2H2,1H3;/q;;;+1/p-1. The van der Waals surface area contributed by atoms with Crippen LogP contribution in [0.5, 0.6) is 0 Å². The van der Waals surface area contributed by atoms with Crippen molar-refractivity contribution in [3.05, 3.63) is 78.4 Å². The number of alkyl halides is 6. The number of nitrogens with zero attached hydrogens (tertiary/aromatic N) is 4. The number of imidazole rings is 2. The van der Waals surface area contributed by atoms with Gasteiger partial charge in [-0.05, 0) is 36.1 Å². The van der Waals surface area contributed by atoms with Gasteiger partial charge in [0.1, 0.15) is 5.82 Å². The predicted octanol–water partition coefficient (Wildman–Crippen LogP) is 5.02. The minimum absolute atomic E-state index is 0. The van der Waals surface area contributed by atoms with E-state index in [1.807, 2.05) is 20.9 Å². The summed E-state index contributed by atoms with van der Waals surface area (Å²) >= 11 is 5.79. The second kappa shape index (κ2) is 15.9. The Kier molecular flexibility index (Phi) is 14.4. The third-order valence-electron chi connectivity index (χ3n) is 5.09. The van der Waals surface area contributed by atoms with Crippen LogP contribution in [-0.2, 0) is 39.1 Å². The normalized spacial score (nSPS) is 11.1. The first-order valence-electron chi connectivity index (χ1n) is 11.5. The molecular formula is C26H26F7N4NaS2. The fraction of sp³-hybridized carbons (Fsp3) is 0.308. The van der Waals surface area contributed by atoms with Crippen LogP contribution < -0.4 is 29.6 Å². The number of halogens is 7. The molecule has 0 spiro atoms. The Morgan fingerprint density at radius 3 is 1.57 bits per heavy atom. The van der Waals surface area contributed by atoms with Gasteiger partial charge in [-0.2, -0.15) is 32.1 Å². The van der Waals surface area contributed by atoms with Crippen LogP contribution in [0.15, 0.2) is 66.3 Å². The number of thioether (sulfide) groups is 1. The molecule has 0 radical (unpaired) electrons. The van der Waals surface area contributed by atoms with E-state index in [9.17, 15) is 30.7 Å². The quantitative estimate of drug-likeness (QED) is 0.140. The van der Waals surface area contributed by atoms with Crippen molar-refractivity contribution < 1.29 is 60.3 Å². The first-order chi connectivity index (χ1) is 18.2. The molecule has 0 aliphatic heterocycles. The van der Waals surface area contributed by atoms with E-state index in [0.717, 1.165) is 35.2 Å². The summed E-state index contributed by atoms with van der Waals surface area (Å²) in [6, 6.07) is 6.28. The van der Waals surface area contributed by atoms with Gasteiger partial charge in [-0.3, -0.25) is 0 Å². The summed E-state index contributed by atoms with van der Waals surface area (Å²) in [5.41, 5.74) is 0.494. The zero-order valence-corrected chi connectivity index (χ0v) is 26.1. The van der Waals surface area contributed by atoms with Crippen LogP contribution in [0.2, 0.25) is 0 Å². The zero-order valence-electron chi connectivity index (χ0n) is 22.4. The maximum absolute atomic E-state index is 13.6. The molecule has 14 heteroatoms. The van der Waals surface area contributed by atoms with Gasteiger partial charge < -0.3 is 21.8 Å². The Balaban J connectivity index is 0.000000358. The molecule has 4 aromatic rings. The maximum Gasteiger partial charge on any atom is 1.00 e. The number of hydrogen-bond donors (Lipinski definition) is 0. The van der Waals surface area contributed by atoms with Crippen LogP contribution in [0.1, 0.15) is 25.0 Å². The second-order valence-electron chi connectivity index (χ2n) is 7.90. The number of rotatable bonds is 4. The SMILES string of the molecule is CCSc1cc(C(F)(F)F)ccc1-c1cncn1C.CC[S-].Cn1cncc1-c1ccc(C(F)(F)F)cc1F.[Na+]. The Morgan fingerprint density at radius 2 is 1.20 bits per heavy atom. The Morgan fingerprint density at radius 1 is 0.775 bits per heavy atom. The van der Waals surface area contributed by atoms with Crippen molar-refractivity contribution in [3.63, 3.8) is 0 Å². The van der Waals surface area contributed by atoms with Crippen LogP contribution >= 0.6 is 11.8 Å². The Labute approximate surface area is 260 Å². The van der Waals surface area contributed by atoms with Gasteiger partial charge in [-0.25, -0.2) is 14.4 Å². The van der Waals surface area contributed by atoms with E-state index in [1.54, 1.807) is 24.1 Å². The summed E-state index contributed by atoms with van der Waals surface area (Å²) in [7, 11) is 3.46. The van der Waals surface area contributed by atoms with Crippen molar-refractivity contribution in [1.29, 1.82) is 0 Å². The average molecular weight is 615 g/mol. The zero-order chi connectivity index (χ0) is 29.4. The second-order valence-corrected chi connectivity index (χ2v) is 9.79. The van der Waals surface area contributed by atoms with Crippen molar-refractivity contribution in [2.45, 2.75) is 31.1 Å². The molecule has 0 aliphatic rings. The molecule has 0 bridgehead atoms. The van der Waals surface area contributed by atoms with Gasteiger partial charge in [-0.1, -0.05) is 19.9 Å². The molecule has 40 heavy (non-hydrogen) atoms. The van der Waals surface area contributed by atoms with Gasteiger partial charge in [0.05, 0.1) is 47.6 Å². The molecule has 0 fully saturated rings. The van der Waals surface area contributed by atoms with E-state index in [-0.39, 0.29) is 35.1 Å². The molecule has 0 unspecified atom stereocenters. The summed E-state index contributed by atoms with van der Waals surface area (Å²) in [5, 5.41) is 0. The van der Waals surface area contributed by atoms with Crippen LogP contribution in [-0.4, -0.2) is 30.6 Å². The predicted molar refractivity (Wildman–Crippen MR) is 142 cm³/mol. The molecule has 212 valence electrons. The number of benzene rings is 2. The van der Waals surface area contributed by atoms with Gasteiger partial charge in [0.25, 0.3) is 0 Å². The monoisotopic (exact) mass is 614 g/mol. The van der Waals surface area contributed by atoms with Gasteiger partial charge in [0.15, 0.2) is 0 Å². The minimum atomic E-state index is -4.54. The van der Waals surface area contributed by atoms with E-state index in [2.05, 4.69) is 22.6 Å². The van der Waals surface area contributed by atoms with E-state index >= 15 is 0 Å². The van der Waals surface area contributed by atoms with Crippen LogP contribution in [0.3, 0.4) is 0 Å². The summed E-state index contributed by atoms with van der Waals surface area (Å²) in [5.74, 6) is 0.634. The summed E-state index contributed by atoms with van der Waals surface area (Å²) in [6.07, 6.45) is -2.71. The largest absolute Gasteiger partial charge is 1.00 e. The van der Waals surface area contributed by atoms with Gasteiger partial charge in [0, 0.05) is 30.1 Å². The first-order valence-corrected chi connectivity index (χ1v) is 13.0. The summed E-state index contributed by atoms with van der Waals surface area (Å²) < 4.78 is 92.1. The molecule has 0 N–H and O–H groups in total. The molecule has 2 aromatic carbocycles. The van der Waals surface area contributed by atoms with E-state index in [4.69, 9.17) is 0 Å². The van der Waals surface area contributed by atoms with Crippen molar-refractivity contribution in [2.75, 3.05) is 11.5 Å². The van der Waals surface area contributed by atoms with Crippen molar-refractivity contribution >= 4 is 24.4 Å². The topological polar surface area (TPSA) is 35.6 Å². The maximum atomic E-state index is 13.6. The summed E-state index contributed by atoms with van der Waals surface area (Å²) in [6.45, 7) is 3.85. The molecule has 0 saturated heterocycles. The van der Waals surface area contributed by atoms with Crippen molar-refractivity contribution in [3.8, 4) is 22.5 Å². The minimum Gasteiger partial charge on any atom is -0.793 e. The van der Waals surface area contributed by atoms with Crippen molar-refractivity contribution in [2.24, 2.45) is 14.1 Å². The smallest absolute Gasteiger partial charge is 0.793 e. The summed E-state index contributed by atoms with van der Waals surface area (Å²) in [4.78, 5) is 8.41. The molecule has 0 aliphatic carbocycles. The Bertz CT molecular complexity index is 1350. The fourth-order valence-electron chi connectivity index (χ4n) is 3.32. The molecule has 4 nitrogen and oxygen atoms in total. The van der Waals surface area contributed by atoms with Crippen LogP contribution in [0.4, 0.5) is 30.7 Å². The number of hydrogen-bond acceptors (Lipinski definition) is 4. The van der Waals surface area contributed by atoms with Gasteiger partial charge in [-0.15, -0.1) is 11.8 Å². The first kappa shape index (κ1) is 36.1. The third kappa shape index (κ3) is 9.86. The molecule has 4 rings (SSSR count). The average Bonchev–Trinajstić information content (AvgIpc) is 3.47. The Hall–Kier alpha value is -1.93. The van der Waals surface area contributed by atoms with Gasteiger partial charge >= 0.3 is 41.9 Å². The van der Waals surface area contributed by atoms with E-state index < -0.39 is 29.3 Å². The molecular weight excluding hydrogens is 588 g/mol. The fourth-order valence-corrected chi connectivity index (χ4v) is 4.17. The molecule has 0 saturated carbocycles.